The highest BCUT2D eigenvalue weighted by atomic mass is 32.1. The van der Waals surface area contributed by atoms with Gasteiger partial charge < -0.3 is 4.90 Å². The van der Waals surface area contributed by atoms with Gasteiger partial charge in [0.15, 0.2) is 0 Å². The van der Waals surface area contributed by atoms with Gasteiger partial charge in [0.2, 0.25) is 10.7 Å². The molecule has 0 aliphatic heterocycles. The summed E-state index contributed by atoms with van der Waals surface area (Å²) in [6.45, 7) is 7.78. The van der Waals surface area contributed by atoms with Crippen LogP contribution in [-0.2, 0) is 6.54 Å². The Morgan fingerprint density at radius 1 is 1.00 bits per heavy atom. The summed E-state index contributed by atoms with van der Waals surface area (Å²) in [5.41, 5.74) is 15.3. The first-order valence-corrected chi connectivity index (χ1v) is 15.1. The summed E-state index contributed by atoms with van der Waals surface area (Å²) in [6, 6.07) is 9.14. The molecule has 2 nitrogen and oxygen atoms in total. The Kier molecular flexibility index (Phi) is 5.88. The minimum Gasteiger partial charge on any atom is -0.378 e. The molecule has 0 saturated carbocycles. The Hall–Kier alpha value is -3.87. The largest absolute Gasteiger partial charge is 0.378 e. The Morgan fingerprint density at radius 3 is 2.52 bits per heavy atom. The minimum absolute atomic E-state index is 0.0218. The molecule has 0 fully saturated rings. The van der Waals surface area contributed by atoms with Crippen LogP contribution in [0, 0.1) is 31.1 Å². The first kappa shape index (κ1) is 25.1. The number of nitrogens with zero attached hydrogens (tertiary/aromatic N) is 2. The van der Waals surface area contributed by atoms with Crippen LogP contribution in [0.5, 0.6) is 0 Å². The Morgan fingerprint density at radius 2 is 1.80 bits per heavy atom. The Balaban J connectivity index is 1.55. The number of hydrogen-bond acceptors (Lipinski definition) is 2. The Bertz CT molecular complexity index is 1750. The molecule has 0 bridgehead atoms. The van der Waals surface area contributed by atoms with Crippen molar-refractivity contribution in [2.24, 2.45) is 11.8 Å². The molecule has 198 valence electrons. The first-order valence-electron chi connectivity index (χ1n) is 14.3. The number of allylic oxidation sites excluding steroid dienone is 15. The second-order valence-electron chi connectivity index (χ2n) is 11.6. The van der Waals surface area contributed by atoms with E-state index in [1.165, 1.54) is 71.4 Å². The van der Waals surface area contributed by atoms with Gasteiger partial charge in [-0.05, 0) is 71.9 Å². The van der Waals surface area contributed by atoms with Gasteiger partial charge in [0, 0.05) is 44.1 Å². The molecule has 1 aromatic carbocycles. The first-order chi connectivity index (χ1) is 19.4. The minimum atomic E-state index is 0.0218. The van der Waals surface area contributed by atoms with E-state index in [0.717, 1.165) is 13.0 Å². The third kappa shape index (κ3) is 3.59. The molecule has 0 saturated heterocycles. The van der Waals surface area contributed by atoms with Crippen molar-refractivity contribution in [2.45, 2.75) is 39.7 Å². The molecule has 1 heterocycles. The maximum atomic E-state index is 6.08. The van der Waals surface area contributed by atoms with E-state index >= 15 is 0 Å². The number of anilines is 1. The molecule has 3 atom stereocenters. The quantitative estimate of drug-likeness (QED) is 0.284. The highest BCUT2D eigenvalue weighted by molar-refractivity contribution is 7.12. The standard InChI is InChI=1S/C37H35N2S/c1-7-24-13-18-30-32(21-31-22(3)9-10-26-14-17-28(24)35(30)34(26)31)36-29(25-11-15-27(16-12-25)38(5)6)19-20-33-37(36)39(8-2)23(4)40-33/h1,9-20,24,29,34H,8,21H2,2-6H3/q+1. The molecule has 7 rings (SSSR count). The van der Waals surface area contributed by atoms with E-state index in [9.17, 15) is 0 Å². The van der Waals surface area contributed by atoms with Crippen molar-refractivity contribution >= 4 is 28.7 Å². The van der Waals surface area contributed by atoms with Crippen LogP contribution < -0.4 is 9.47 Å². The van der Waals surface area contributed by atoms with E-state index in [4.69, 9.17) is 6.42 Å². The van der Waals surface area contributed by atoms with Crippen LogP contribution in [0.25, 0.3) is 11.6 Å². The summed E-state index contributed by atoms with van der Waals surface area (Å²) in [6.07, 6.45) is 25.7. The molecule has 0 spiro atoms. The van der Waals surface area contributed by atoms with Crippen LogP contribution in [0.1, 0.15) is 47.3 Å². The van der Waals surface area contributed by atoms with Gasteiger partial charge in [-0.3, -0.25) is 0 Å². The zero-order valence-corrected chi connectivity index (χ0v) is 24.8. The molecule has 0 amide bonds. The van der Waals surface area contributed by atoms with Crippen molar-refractivity contribution in [2.75, 3.05) is 19.0 Å². The third-order valence-electron chi connectivity index (χ3n) is 9.28. The van der Waals surface area contributed by atoms with Gasteiger partial charge in [-0.1, -0.05) is 83.1 Å². The van der Waals surface area contributed by atoms with E-state index in [1.54, 1.807) is 0 Å². The monoisotopic (exact) mass is 539 g/mol. The highest BCUT2D eigenvalue weighted by Crippen LogP contribution is 2.56. The van der Waals surface area contributed by atoms with Gasteiger partial charge >= 0.3 is 0 Å². The normalized spacial score (nSPS) is 25.9. The number of benzene rings is 1. The summed E-state index contributed by atoms with van der Waals surface area (Å²) in [7, 11) is 4.21. The average molecular weight is 540 g/mol. The van der Waals surface area contributed by atoms with Crippen LogP contribution >= 0.6 is 11.3 Å². The summed E-state index contributed by atoms with van der Waals surface area (Å²) < 4.78 is 2.53. The maximum absolute atomic E-state index is 6.08. The van der Waals surface area contributed by atoms with Crippen molar-refractivity contribution in [1.82, 2.24) is 0 Å². The molecule has 0 radical (unpaired) electrons. The average Bonchev–Trinajstić information content (AvgIpc) is 3.31. The predicted octanol–water partition coefficient (Wildman–Crippen LogP) is 7.88. The third-order valence-corrected chi connectivity index (χ3v) is 10.3. The van der Waals surface area contributed by atoms with Gasteiger partial charge in [0.05, 0.1) is 5.92 Å². The van der Waals surface area contributed by atoms with Gasteiger partial charge in [-0.2, -0.15) is 4.57 Å². The fraction of sp³-hybridized carbons (Fsp3) is 0.270. The number of hydrogen-bond donors (Lipinski definition) is 0. The van der Waals surface area contributed by atoms with Crippen molar-refractivity contribution in [3.8, 4) is 12.3 Å². The summed E-state index contributed by atoms with van der Waals surface area (Å²) in [5, 5.41) is 1.36. The molecule has 0 N–H and O–H groups in total. The van der Waals surface area contributed by atoms with E-state index in [-0.39, 0.29) is 11.8 Å². The molecule has 40 heavy (non-hydrogen) atoms. The summed E-state index contributed by atoms with van der Waals surface area (Å²) >= 11 is 1.91. The second-order valence-corrected chi connectivity index (χ2v) is 12.8. The molecule has 5 aliphatic rings. The lowest BCUT2D eigenvalue weighted by Crippen LogP contribution is -2.39. The topological polar surface area (TPSA) is 7.12 Å². The highest BCUT2D eigenvalue weighted by Gasteiger charge is 2.43. The molecule has 2 aromatic rings. The van der Waals surface area contributed by atoms with E-state index in [2.05, 4.69) is 123 Å². The van der Waals surface area contributed by atoms with E-state index < -0.39 is 0 Å². The fourth-order valence-electron chi connectivity index (χ4n) is 7.27. The van der Waals surface area contributed by atoms with Crippen LogP contribution in [0.2, 0.25) is 0 Å². The number of terminal acetylenes is 1. The van der Waals surface area contributed by atoms with Crippen molar-refractivity contribution in [1.29, 1.82) is 0 Å². The van der Waals surface area contributed by atoms with Crippen molar-refractivity contribution < 1.29 is 4.57 Å². The molecular formula is C37H35N2S+. The zero-order valence-electron chi connectivity index (χ0n) is 24.0. The fourth-order valence-corrected chi connectivity index (χ4v) is 8.39. The zero-order chi connectivity index (χ0) is 27.7. The van der Waals surface area contributed by atoms with Crippen LogP contribution in [-0.4, -0.2) is 14.1 Å². The van der Waals surface area contributed by atoms with Crippen molar-refractivity contribution in [3.05, 3.63) is 127 Å². The number of aromatic nitrogens is 1. The van der Waals surface area contributed by atoms with Crippen LogP contribution in [0.15, 0.2) is 106 Å². The van der Waals surface area contributed by atoms with Crippen molar-refractivity contribution in [3.63, 3.8) is 0 Å². The molecule has 5 aliphatic carbocycles. The molecule has 3 unspecified atom stereocenters. The molecule has 1 aromatic heterocycles. The van der Waals surface area contributed by atoms with E-state index in [0.29, 0.717) is 5.92 Å². The number of fused-ring (bicyclic) bond motifs is 1. The summed E-state index contributed by atoms with van der Waals surface area (Å²) in [4.78, 5) is 3.54. The van der Waals surface area contributed by atoms with Crippen LogP contribution in [0.3, 0.4) is 0 Å². The van der Waals surface area contributed by atoms with Gasteiger partial charge in [0.1, 0.15) is 11.4 Å². The molecular weight excluding hydrogens is 504 g/mol. The van der Waals surface area contributed by atoms with Gasteiger partial charge in [-0.25, -0.2) is 0 Å². The van der Waals surface area contributed by atoms with Gasteiger partial charge in [0.25, 0.3) is 0 Å². The van der Waals surface area contributed by atoms with Gasteiger partial charge in [-0.15, -0.1) is 6.42 Å². The SMILES string of the molecule is C#CC1C=CC2=C3C1=CC=C1C=CC(C)=C(CC2=C2c4c(sc(C)[n+]4CC)C=CC2c2ccc(N(C)C)cc2)C13. The summed E-state index contributed by atoms with van der Waals surface area (Å²) in [5.74, 6) is 3.58. The second kappa shape index (κ2) is 9.36. The number of thiazole rings is 1. The van der Waals surface area contributed by atoms with E-state index in [1.807, 2.05) is 11.3 Å². The lowest BCUT2D eigenvalue weighted by atomic mass is 9.61. The smallest absolute Gasteiger partial charge is 0.235 e. The Labute approximate surface area is 242 Å². The lowest BCUT2D eigenvalue weighted by Gasteiger charge is -2.42. The predicted molar refractivity (Wildman–Crippen MR) is 169 cm³/mol. The number of rotatable bonds is 3. The maximum Gasteiger partial charge on any atom is 0.235 e. The lowest BCUT2D eigenvalue weighted by molar-refractivity contribution is -0.696. The molecule has 3 heteroatoms. The number of aryl methyl sites for hydroxylation is 1. The van der Waals surface area contributed by atoms with Crippen LogP contribution in [0.4, 0.5) is 5.69 Å².